The van der Waals surface area contributed by atoms with E-state index in [2.05, 4.69) is 56.2 Å². The van der Waals surface area contributed by atoms with Gasteiger partial charge in [0.05, 0.1) is 5.56 Å². The Morgan fingerprint density at radius 1 is 1.16 bits per heavy atom. The Morgan fingerprint density at radius 2 is 1.84 bits per heavy atom. The summed E-state index contributed by atoms with van der Waals surface area (Å²) in [7, 11) is 0. The van der Waals surface area contributed by atoms with Gasteiger partial charge in [0.25, 0.3) is 5.91 Å². The maximum absolute atomic E-state index is 12.2. The van der Waals surface area contributed by atoms with Gasteiger partial charge >= 0.3 is 0 Å². The van der Waals surface area contributed by atoms with Crippen molar-refractivity contribution >= 4 is 21.8 Å². The van der Waals surface area contributed by atoms with Crippen LogP contribution in [0.2, 0.25) is 0 Å². The van der Waals surface area contributed by atoms with Crippen LogP contribution in [0.4, 0.5) is 0 Å². The van der Waals surface area contributed by atoms with Crippen LogP contribution >= 0.6 is 15.9 Å². The number of nitrogens with zero attached hydrogens (tertiary/aromatic N) is 2. The molecule has 1 aromatic heterocycles. The summed E-state index contributed by atoms with van der Waals surface area (Å²) in [4.78, 5) is 17.2. The minimum absolute atomic E-state index is 0.124. The Labute approximate surface area is 157 Å². The molecule has 1 N–H and O–H groups in total. The van der Waals surface area contributed by atoms with E-state index in [4.69, 9.17) is 4.42 Å². The number of piperazine rings is 1. The van der Waals surface area contributed by atoms with Crippen LogP contribution in [0.25, 0.3) is 0 Å². The SMILES string of the molecule is CCN1CCN(Cc2ccccc2CNC(=O)c2coc(Br)c2)CC1. The van der Waals surface area contributed by atoms with Crippen molar-refractivity contribution in [3.63, 3.8) is 0 Å². The Kier molecular flexibility index (Phi) is 6.29. The summed E-state index contributed by atoms with van der Waals surface area (Å²) < 4.78 is 5.68. The van der Waals surface area contributed by atoms with Crippen LogP contribution in [0.15, 0.2) is 45.7 Å². The average Bonchev–Trinajstić information content (AvgIpc) is 3.08. The lowest BCUT2D eigenvalue weighted by Gasteiger charge is -2.34. The largest absolute Gasteiger partial charge is 0.457 e. The van der Waals surface area contributed by atoms with Crippen molar-refractivity contribution in [2.45, 2.75) is 20.0 Å². The smallest absolute Gasteiger partial charge is 0.254 e. The van der Waals surface area contributed by atoms with Crippen LogP contribution in [0.5, 0.6) is 0 Å². The Hall–Kier alpha value is -1.63. The van der Waals surface area contributed by atoms with Gasteiger partial charge in [-0.1, -0.05) is 31.2 Å². The summed E-state index contributed by atoms with van der Waals surface area (Å²) >= 11 is 3.22. The van der Waals surface area contributed by atoms with Crippen molar-refractivity contribution in [2.24, 2.45) is 0 Å². The number of nitrogens with one attached hydrogen (secondary N) is 1. The van der Waals surface area contributed by atoms with Crippen LogP contribution in [0.1, 0.15) is 28.4 Å². The number of rotatable bonds is 6. The normalized spacial score (nSPS) is 16.1. The van der Waals surface area contributed by atoms with Gasteiger partial charge in [-0.05, 0) is 33.6 Å². The molecule has 1 aliphatic rings. The highest BCUT2D eigenvalue weighted by molar-refractivity contribution is 9.10. The highest BCUT2D eigenvalue weighted by atomic mass is 79.9. The van der Waals surface area contributed by atoms with Gasteiger partial charge in [0.2, 0.25) is 0 Å². The summed E-state index contributed by atoms with van der Waals surface area (Å²) in [5.74, 6) is -0.124. The fraction of sp³-hybridized carbons (Fsp3) is 0.421. The van der Waals surface area contributed by atoms with Crippen LogP contribution in [0, 0.1) is 0 Å². The van der Waals surface area contributed by atoms with Crippen molar-refractivity contribution in [3.8, 4) is 0 Å². The first kappa shape index (κ1) is 18.2. The Morgan fingerprint density at radius 3 is 2.48 bits per heavy atom. The molecule has 5 nitrogen and oxygen atoms in total. The molecule has 0 aliphatic carbocycles. The maximum atomic E-state index is 12.2. The van der Waals surface area contributed by atoms with E-state index in [1.165, 1.54) is 11.8 Å². The van der Waals surface area contributed by atoms with E-state index < -0.39 is 0 Å². The first-order valence-electron chi connectivity index (χ1n) is 8.69. The van der Waals surface area contributed by atoms with Crippen molar-refractivity contribution in [3.05, 3.63) is 58.0 Å². The van der Waals surface area contributed by atoms with E-state index in [-0.39, 0.29) is 5.91 Å². The minimum Gasteiger partial charge on any atom is -0.457 e. The quantitative estimate of drug-likeness (QED) is 0.801. The van der Waals surface area contributed by atoms with Gasteiger partial charge in [-0.2, -0.15) is 0 Å². The lowest BCUT2D eigenvalue weighted by Crippen LogP contribution is -2.45. The highest BCUT2D eigenvalue weighted by Crippen LogP contribution is 2.16. The number of likely N-dealkylation sites (N-methyl/N-ethyl adjacent to an activating group) is 1. The molecule has 6 heteroatoms. The third-order valence-corrected chi connectivity index (χ3v) is 5.11. The van der Waals surface area contributed by atoms with Crippen LogP contribution < -0.4 is 5.32 Å². The second-order valence-electron chi connectivity index (χ2n) is 6.30. The number of benzene rings is 1. The molecular formula is C19H24BrN3O2. The predicted molar refractivity (Wildman–Crippen MR) is 101 cm³/mol. The lowest BCUT2D eigenvalue weighted by atomic mass is 10.1. The number of carbonyl (C=O) groups excluding carboxylic acids is 1. The standard InChI is InChI=1S/C19H24BrN3O2/c1-2-22-7-9-23(10-8-22)13-16-6-4-3-5-15(16)12-21-19(24)17-11-18(20)25-14-17/h3-6,11,14H,2,7-10,12-13H2,1H3,(H,21,24). The molecule has 0 saturated carbocycles. The maximum Gasteiger partial charge on any atom is 0.254 e. The molecular weight excluding hydrogens is 382 g/mol. The Balaban J connectivity index is 1.58. The van der Waals surface area contributed by atoms with E-state index in [1.54, 1.807) is 6.07 Å². The summed E-state index contributed by atoms with van der Waals surface area (Å²) in [5.41, 5.74) is 2.97. The molecule has 0 unspecified atom stereocenters. The molecule has 0 radical (unpaired) electrons. The van der Waals surface area contributed by atoms with E-state index in [0.29, 0.717) is 16.8 Å². The molecule has 134 valence electrons. The molecule has 0 atom stereocenters. The minimum atomic E-state index is -0.124. The van der Waals surface area contributed by atoms with Gasteiger partial charge in [-0.15, -0.1) is 0 Å². The topological polar surface area (TPSA) is 48.7 Å². The molecule has 0 spiro atoms. The van der Waals surface area contributed by atoms with Crippen molar-refractivity contribution in [1.82, 2.24) is 15.1 Å². The molecule has 0 bridgehead atoms. The third-order valence-electron chi connectivity index (χ3n) is 4.69. The summed E-state index contributed by atoms with van der Waals surface area (Å²) in [5, 5.41) is 2.98. The number of amides is 1. The molecule has 1 fully saturated rings. The van der Waals surface area contributed by atoms with Gasteiger partial charge in [0, 0.05) is 45.3 Å². The van der Waals surface area contributed by atoms with Gasteiger partial charge in [0.1, 0.15) is 6.26 Å². The fourth-order valence-electron chi connectivity index (χ4n) is 3.10. The van der Waals surface area contributed by atoms with E-state index in [0.717, 1.165) is 44.8 Å². The van der Waals surface area contributed by atoms with Crippen molar-refractivity contribution in [1.29, 1.82) is 0 Å². The Bertz CT molecular complexity index is 708. The van der Waals surface area contributed by atoms with Crippen molar-refractivity contribution in [2.75, 3.05) is 32.7 Å². The first-order chi connectivity index (χ1) is 12.2. The third kappa shape index (κ3) is 4.93. The van der Waals surface area contributed by atoms with Gasteiger partial charge < -0.3 is 14.6 Å². The summed E-state index contributed by atoms with van der Waals surface area (Å²) in [6, 6.07) is 10.0. The van der Waals surface area contributed by atoms with Gasteiger partial charge in [-0.3, -0.25) is 9.69 Å². The number of furan rings is 1. The van der Waals surface area contributed by atoms with Crippen LogP contribution in [-0.2, 0) is 13.1 Å². The summed E-state index contributed by atoms with van der Waals surface area (Å²) in [6.45, 7) is 9.24. The number of halogens is 1. The molecule has 1 aromatic carbocycles. The monoisotopic (exact) mass is 405 g/mol. The molecule has 2 heterocycles. The number of carbonyl (C=O) groups is 1. The zero-order valence-electron chi connectivity index (χ0n) is 14.5. The molecule has 1 aliphatic heterocycles. The zero-order valence-corrected chi connectivity index (χ0v) is 16.1. The number of hydrogen-bond donors (Lipinski definition) is 1. The first-order valence-corrected chi connectivity index (χ1v) is 9.48. The molecule has 25 heavy (non-hydrogen) atoms. The van der Waals surface area contributed by atoms with E-state index in [9.17, 15) is 4.79 Å². The van der Waals surface area contributed by atoms with Gasteiger partial charge in [0.15, 0.2) is 4.67 Å². The molecule has 3 rings (SSSR count). The fourth-order valence-corrected chi connectivity index (χ4v) is 3.44. The number of hydrogen-bond acceptors (Lipinski definition) is 4. The molecule has 1 saturated heterocycles. The van der Waals surface area contributed by atoms with E-state index >= 15 is 0 Å². The van der Waals surface area contributed by atoms with Crippen molar-refractivity contribution < 1.29 is 9.21 Å². The highest BCUT2D eigenvalue weighted by Gasteiger charge is 2.17. The zero-order chi connectivity index (χ0) is 17.6. The average molecular weight is 406 g/mol. The van der Waals surface area contributed by atoms with Gasteiger partial charge in [-0.25, -0.2) is 0 Å². The predicted octanol–water partition coefficient (Wildman–Crippen LogP) is 3.11. The van der Waals surface area contributed by atoms with Crippen LogP contribution in [0.3, 0.4) is 0 Å². The molecule has 2 aromatic rings. The second kappa shape index (κ2) is 8.65. The van der Waals surface area contributed by atoms with Crippen LogP contribution in [-0.4, -0.2) is 48.4 Å². The lowest BCUT2D eigenvalue weighted by molar-refractivity contribution is 0.0950. The second-order valence-corrected chi connectivity index (χ2v) is 7.08. The summed E-state index contributed by atoms with van der Waals surface area (Å²) in [6.07, 6.45) is 1.46. The molecule has 1 amide bonds. The van der Waals surface area contributed by atoms with E-state index in [1.807, 2.05) is 6.07 Å².